The maximum Gasteiger partial charge on any atom is 0.150 e. The van der Waals surface area contributed by atoms with Crippen molar-refractivity contribution in [3.8, 4) is 17.6 Å². The second-order valence-electron chi connectivity index (χ2n) is 4.87. The van der Waals surface area contributed by atoms with Crippen molar-refractivity contribution in [2.75, 3.05) is 13.2 Å². The second kappa shape index (κ2) is 5.98. The molecule has 1 unspecified atom stereocenters. The summed E-state index contributed by atoms with van der Waals surface area (Å²) in [5.41, 5.74) is 0.966. The standard InChI is InChI=1S/C16H18N2O2/c1-2-3-9-19-14-7-8-15-13(11-14)12-18(17-15)16-6-4-5-10-20-16/h7-8,11-12,16H,4-6,9-10H2,1H3. The van der Waals surface area contributed by atoms with Crippen LogP contribution in [0.2, 0.25) is 0 Å². The summed E-state index contributed by atoms with van der Waals surface area (Å²) in [4.78, 5) is 0. The molecule has 104 valence electrons. The Morgan fingerprint density at radius 2 is 2.40 bits per heavy atom. The number of ether oxygens (including phenoxy) is 2. The number of fused-ring (bicyclic) bond motifs is 1. The van der Waals surface area contributed by atoms with Gasteiger partial charge >= 0.3 is 0 Å². The van der Waals surface area contributed by atoms with Gasteiger partial charge in [-0.1, -0.05) is 5.92 Å². The van der Waals surface area contributed by atoms with E-state index in [1.54, 1.807) is 6.92 Å². The average molecular weight is 270 g/mol. The first-order valence-electron chi connectivity index (χ1n) is 7.00. The highest BCUT2D eigenvalue weighted by atomic mass is 16.5. The van der Waals surface area contributed by atoms with E-state index in [9.17, 15) is 0 Å². The molecule has 0 bridgehead atoms. The summed E-state index contributed by atoms with van der Waals surface area (Å²) >= 11 is 0. The predicted octanol–water partition coefficient (Wildman–Crippen LogP) is 3.14. The molecule has 2 aromatic rings. The second-order valence-corrected chi connectivity index (χ2v) is 4.87. The maximum atomic E-state index is 5.75. The first kappa shape index (κ1) is 13.0. The molecule has 0 aliphatic carbocycles. The minimum atomic E-state index is 0.0754. The monoisotopic (exact) mass is 270 g/mol. The van der Waals surface area contributed by atoms with Crippen LogP contribution in [0.3, 0.4) is 0 Å². The summed E-state index contributed by atoms with van der Waals surface area (Å²) in [6.45, 7) is 3.05. The zero-order chi connectivity index (χ0) is 13.8. The van der Waals surface area contributed by atoms with E-state index in [0.29, 0.717) is 6.61 Å². The van der Waals surface area contributed by atoms with Crippen LogP contribution in [0.4, 0.5) is 0 Å². The van der Waals surface area contributed by atoms with E-state index >= 15 is 0 Å². The molecule has 4 heteroatoms. The fourth-order valence-corrected chi connectivity index (χ4v) is 2.38. The average Bonchev–Trinajstić information content (AvgIpc) is 2.92. The van der Waals surface area contributed by atoms with Crippen molar-refractivity contribution in [3.05, 3.63) is 24.4 Å². The van der Waals surface area contributed by atoms with Crippen molar-refractivity contribution in [1.29, 1.82) is 0 Å². The molecule has 3 rings (SSSR count). The van der Waals surface area contributed by atoms with Gasteiger partial charge in [0.1, 0.15) is 18.6 Å². The van der Waals surface area contributed by atoms with Crippen LogP contribution >= 0.6 is 0 Å². The third kappa shape index (κ3) is 2.78. The molecule has 0 saturated carbocycles. The molecule has 1 saturated heterocycles. The van der Waals surface area contributed by atoms with Crippen LogP contribution < -0.4 is 4.74 Å². The molecule has 0 radical (unpaired) electrons. The fraction of sp³-hybridized carbons (Fsp3) is 0.438. The smallest absolute Gasteiger partial charge is 0.150 e. The van der Waals surface area contributed by atoms with Crippen molar-refractivity contribution in [2.24, 2.45) is 0 Å². The van der Waals surface area contributed by atoms with Gasteiger partial charge in [0.05, 0.1) is 5.52 Å². The SMILES string of the molecule is CC#CCOc1ccc2nn(C3CCCCO3)cc2c1. The molecule has 1 aliphatic heterocycles. The quantitative estimate of drug-likeness (QED) is 0.804. The lowest BCUT2D eigenvalue weighted by atomic mass is 10.2. The molecule has 20 heavy (non-hydrogen) atoms. The summed E-state index contributed by atoms with van der Waals surface area (Å²) in [7, 11) is 0. The number of aromatic nitrogens is 2. The molecule has 0 amide bonds. The van der Waals surface area contributed by atoms with Gasteiger partial charge in [0, 0.05) is 18.2 Å². The molecule has 1 atom stereocenters. The van der Waals surface area contributed by atoms with E-state index in [4.69, 9.17) is 9.47 Å². The zero-order valence-corrected chi connectivity index (χ0v) is 11.6. The van der Waals surface area contributed by atoms with Crippen LogP contribution in [0.5, 0.6) is 5.75 Å². The number of benzene rings is 1. The van der Waals surface area contributed by atoms with E-state index in [1.165, 1.54) is 6.42 Å². The number of nitrogens with zero attached hydrogens (tertiary/aromatic N) is 2. The Balaban J connectivity index is 1.80. The molecule has 4 nitrogen and oxygen atoms in total. The first-order valence-corrected chi connectivity index (χ1v) is 7.00. The Morgan fingerprint density at radius 1 is 1.45 bits per heavy atom. The van der Waals surface area contributed by atoms with Gasteiger partial charge in [-0.2, -0.15) is 5.10 Å². The van der Waals surface area contributed by atoms with Gasteiger partial charge in [0.2, 0.25) is 0 Å². The molecule has 0 N–H and O–H groups in total. The normalized spacial score (nSPS) is 18.6. The number of rotatable bonds is 3. The van der Waals surface area contributed by atoms with Crippen molar-refractivity contribution >= 4 is 10.9 Å². The van der Waals surface area contributed by atoms with Crippen LogP contribution in [0.15, 0.2) is 24.4 Å². The Labute approximate surface area is 118 Å². The number of hydrogen-bond acceptors (Lipinski definition) is 3. The van der Waals surface area contributed by atoms with Crippen LogP contribution in [-0.4, -0.2) is 23.0 Å². The van der Waals surface area contributed by atoms with Gasteiger partial charge in [-0.25, -0.2) is 4.68 Å². The highest BCUT2D eigenvalue weighted by Crippen LogP contribution is 2.25. The molecule has 1 aliphatic rings. The summed E-state index contributed by atoms with van der Waals surface area (Å²) < 4.78 is 13.3. The third-order valence-corrected chi connectivity index (χ3v) is 3.43. The van der Waals surface area contributed by atoms with Crippen LogP contribution in [0.1, 0.15) is 32.4 Å². The van der Waals surface area contributed by atoms with Crippen molar-refractivity contribution in [1.82, 2.24) is 9.78 Å². The summed E-state index contributed by atoms with van der Waals surface area (Å²) in [6.07, 6.45) is 5.48. The van der Waals surface area contributed by atoms with Crippen molar-refractivity contribution in [2.45, 2.75) is 32.4 Å². The molecular formula is C16H18N2O2. The molecule has 0 spiro atoms. The van der Waals surface area contributed by atoms with Crippen LogP contribution in [-0.2, 0) is 4.74 Å². The molecule has 1 fully saturated rings. The first-order chi connectivity index (χ1) is 9.86. The van der Waals surface area contributed by atoms with Gasteiger partial charge in [-0.3, -0.25) is 0 Å². The molecule has 1 aromatic carbocycles. The summed E-state index contributed by atoms with van der Waals surface area (Å²) in [5.74, 6) is 6.53. The van der Waals surface area contributed by atoms with Gasteiger partial charge < -0.3 is 9.47 Å². The maximum absolute atomic E-state index is 5.75. The highest BCUT2D eigenvalue weighted by Gasteiger charge is 2.16. The van der Waals surface area contributed by atoms with Gasteiger partial charge in [0.25, 0.3) is 0 Å². The molecular weight excluding hydrogens is 252 g/mol. The Morgan fingerprint density at radius 3 is 3.20 bits per heavy atom. The van der Waals surface area contributed by atoms with E-state index < -0.39 is 0 Å². The summed E-state index contributed by atoms with van der Waals surface area (Å²) in [6, 6.07) is 5.90. The predicted molar refractivity (Wildman–Crippen MR) is 77.5 cm³/mol. The Kier molecular flexibility index (Phi) is 3.89. The van der Waals surface area contributed by atoms with E-state index in [-0.39, 0.29) is 6.23 Å². The number of hydrogen-bond donors (Lipinski definition) is 0. The minimum absolute atomic E-state index is 0.0754. The highest BCUT2D eigenvalue weighted by molar-refractivity contribution is 5.79. The minimum Gasteiger partial charge on any atom is -0.481 e. The van der Waals surface area contributed by atoms with E-state index in [2.05, 4.69) is 16.9 Å². The van der Waals surface area contributed by atoms with Gasteiger partial charge in [0.15, 0.2) is 0 Å². The van der Waals surface area contributed by atoms with Crippen LogP contribution in [0, 0.1) is 11.8 Å². The lowest BCUT2D eigenvalue weighted by Crippen LogP contribution is -2.18. The van der Waals surface area contributed by atoms with Crippen molar-refractivity contribution < 1.29 is 9.47 Å². The zero-order valence-electron chi connectivity index (χ0n) is 11.6. The van der Waals surface area contributed by atoms with Gasteiger partial charge in [-0.05, 0) is 44.4 Å². The molecule has 2 heterocycles. The van der Waals surface area contributed by atoms with Crippen LogP contribution in [0.25, 0.3) is 10.9 Å². The van der Waals surface area contributed by atoms with Gasteiger partial charge in [-0.15, -0.1) is 5.92 Å². The topological polar surface area (TPSA) is 36.3 Å². The lowest BCUT2D eigenvalue weighted by molar-refractivity contribution is -0.0390. The Bertz CT molecular complexity index is 645. The largest absolute Gasteiger partial charge is 0.481 e. The molecule has 1 aromatic heterocycles. The van der Waals surface area contributed by atoms with E-state index in [0.717, 1.165) is 36.1 Å². The fourth-order valence-electron chi connectivity index (χ4n) is 2.38. The lowest BCUT2D eigenvalue weighted by Gasteiger charge is -2.22. The third-order valence-electron chi connectivity index (χ3n) is 3.43. The van der Waals surface area contributed by atoms with E-state index in [1.807, 2.05) is 29.1 Å². The van der Waals surface area contributed by atoms with Crippen molar-refractivity contribution in [3.63, 3.8) is 0 Å². The summed E-state index contributed by atoms with van der Waals surface area (Å²) in [5, 5.41) is 5.65. The Hall–Kier alpha value is -1.99.